The molecule has 1 aliphatic heterocycles. The summed E-state index contributed by atoms with van der Waals surface area (Å²) in [6.45, 7) is 2.32. The predicted octanol–water partition coefficient (Wildman–Crippen LogP) is 3.49. The molecule has 0 spiro atoms. The first-order valence-corrected chi connectivity index (χ1v) is 8.02. The lowest BCUT2D eigenvalue weighted by Crippen LogP contribution is -2.31. The van der Waals surface area contributed by atoms with Crippen molar-refractivity contribution in [1.29, 1.82) is 0 Å². The number of rotatable bonds is 4. The summed E-state index contributed by atoms with van der Waals surface area (Å²) in [7, 11) is 3.92. The quantitative estimate of drug-likeness (QED) is 0.863. The molecule has 2 aromatic rings. The van der Waals surface area contributed by atoms with E-state index in [1.807, 2.05) is 12.1 Å². The third kappa shape index (κ3) is 3.47. The third-order valence-corrected chi connectivity index (χ3v) is 4.44. The number of methoxy groups -OCH3 is 1. The maximum atomic E-state index is 5.44. The van der Waals surface area contributed by atoms with Gasteiger partial charge in [-0.15, -0.1) is 0 Å². The number of hydrogen-bond donors (Lipinski definition) is 0. The zero-order valence-electron chi connectivity index (χ0n) is 13.5. The van der Waals surface area contributed by atoms with Crippen LogP contribution in [0.1, 0.15) is 35.7 Å². The van der Waals surface area contributed by atoms with Crippen LogP contribution in [-0.4, -0.2) is 37.1 Å². The topological polar surface area (TPSA) is 25.4 Å². The predicted molar refractivity (Wildman–Crippen MR) is 89.5 cm³/mol. The molecule has 3 nitrogen and oxygen atoms in total. The number of pyridine rings is 1. The Bertz CT molecular complexity index is 626. The van der Waals surface area contributed by atoms with Crippen molar-refractivity contribution in [1.82, 2.24) is 9.88 Å². The maximum Gasteiger partial charge on any atom is 0.122 e. The molecule has 0 N–H and O–H groups in total. The van der Waals surface area contributed by atoms with Crippen molar-refractivity contribution in [2.45, 2.75) is 25.2 Å². The SMILES string of the molecule is COc1ccccc1Cc1cccc([C@H]2CCCN(C)C2)n1. The van der Waals surface area contributed by atoms with Crippen molar-refractivity contribution in [2.75, 3.05) is 27.2 Å². The van der Waals surface area contributed by atoms with Crippen LogP contribution in [-0.2, 0) is 6.42 Å². The Balaban J connectivity index is 1.79. The Hall–Kier alpha value is -1.87. The van der Waals surface area contributed by atoms with Crippen LogP contribution >= 0.6 is 0 Å². The Morgan fingerprint density at radius 1 is 1.18 bits per heavy atom. The van der Waals surface area contributed by atoms with Gasteiger partial charge in [-0.1, -0.05) is 24.3 Å². The summed E-state index contributed by atoms with van der Waals surface area (Å²) >= 11 is 0. The van der Waals surface area contributed by atoms with E-state index < -0.39 is 0 Å². The van der Waals surface area contributed by atoms with Gasteiger partial charge >= 0.3 is 0 Å². The zero-order chi connectivity index (χ0) is 15.4. The number of aromatic nitrogens is 1. The molecule has 1 fully saturated rings. The van der Waals surface area contributed by atoms with Crippen LogP contribution in [0.5, 0.6) is 5.75 Å². The smallest absolute Gasteiger partial charge is 0.122 e. The minimum absolute atomic E-state index is 0.566. The van der Waals surface area contributed by atoms with Crippen LogP contribution in [0.3, 0.4) is 0 Å². The molecule has 1 aromatic carbocycles. The first-order chi connectivity index (χ1) is 10.8. The molecular weight excluding hydrogens is 272 g/mol. The number of ether oxygens (including phenoxy) is 1. The molecule has 3 heteroatoms. The van der Waals surface area contributed by atoms with Crippen molar-refractivity contribution < 1.29 is 4.74 Å². The van der Waals surface area contributed by atoms with Gasteiger partial charge in [0.1, 0.15) is 5.75 Å². The number of para-hydroxylation sites is 1. The number of nitrogens with zero attached hydrogens (tertiary/aromatic N) is 2. The average molecular weight is 296 g/mol. The van der Waals surface area contributed by atoms with E-state index in [-0.39, 0.29) is 0 Å². The summed E-state index contributed by atoms with van der Waals surface area (Å²) in [5, 5.41) is 0. The minimum Gasteiger partial charge on any atom is -0.496 e. The third-order valence-electron chi connectivity index (χ3n) is 4.44. The lowest BCUT2D eigenvalue weighted by Gasteiger charge is -2.29. The van der Waals surface area contributed by atoms with E-state index in [0.717, 1.165) is 24.4 Å². The number of piperidine rings is 1. The molecule has 1 aliphatic rings. The normalized spacial score (nSPS) is 19.1. The molecule has 0 bridgehead atoms. The highest BCUT2D eigenvalue weighted by molar-refractivity contribution is 5.36. The van der Waals surface area contributed by atoms with E-state index >= 15 is 0 Å². The molecule has 1 saturated heterocycles. The molecule has 1 aromatic heterocycles. The summed E-state index contributed by atoms with van der Waals surface area (Å²) in [6.07, 6.45) is 3.33. The first-order valence-electron chi connectivity index (χ1n) is 8.02. The first kappa shape index (κ1) is 15.0. The van der Waals surface area contributed by atoms with Gasteiger partial charge in [-0.3, -0.25) is 4.98 Å². The van der Waals surface area contributed by atoms with E-state index in [1.54, 1.807) is 7.11 Å². The molecule has 2 heterocycles. The van der Waals surface area contributed by atoms with E-state index in [9.17, 15) is 0 Å². The van der Waals surface area contributed by atoms with Crippen LogP contribution in [0.4, 0.5) is 0 Å². The number of likely N-dealkylation sites (tertiary alicyclic amines) is 1. The molecule has 0 radical (unpaired) electrons. The summed E-state index contributed by atoms with van der Waals surface area (Å²) in [4.78, 5) is 7.32. The van der Waals surface area contributed by atoms with Gasteiger partial charge in [-0.25, -0.2) is 0 Å². The Kier molecular flexibility index (Phi) is 4.74. The summed E-state index contributed by atoms with van der Waals surface area (Å²) in [5.41, 5.74) is 3.55. The van der Waals surface area contributed by atoms with Crippen molar-refractivity contribution >= 4 is 0 Å². The average Bonchev–Trinajstić information content (AvgIpc) is 2.56. The van der Waals surface area contributed by atoms with Crippen molar-refractivity contribution in [3.63, 3.8) is 0 Å². The highest BCUT2D eigenvalue weighted by Gasteiger charge is 2.20. The largest absolute Gasteiger partial charge is 0.496 e. The molecule has 0 unspecified atom stereocenters. The highest BCUT2D eigenvalue weighted by atomic mass is 16.5. The van der Waals surface area contributed by atoms with Crippen LogP contribution < -0.4 is 4.74 Å². The minimum atomic E-state index is 0.566. The van der Waals surface area contributed by atoms with Gasteiger partial charge in [0.15, 0.2) is 0 Å². The molecule has 3 rings (SSSR count). The van der Waals surface area contributed by atoms with E-state index in [4.69, 9.17) is 9.72 Å². The Morgan fingerprint density at radius 2 is 2.05 bits per heavy atom. The van der Waals surface area contributed by atoms with Crippen molar-refractivity contribution in [3.05, 3.63) is 59.4 Å². The van der Waals surface area contributed by atoms with Gasteiger partial charge in [0.05, 0.1) is 7.11 Å². The fourth-order valence-electron chi connectivity index (χ4n) is 3.28. The molecule has 0 saturated carbocycles. The van der Waals surface area contributed by atoms with Crippen LogP contribution in [0.25, 0.3) is 0 Å². The summed E-state index contributed by atoms with van der Waals surface area (Å²) < 4.78 is 5.44. The lowest BCUT2D eigenvalue weighted by molar-refractivity contribution is 0.248. The zero-order valence-corrected chi connectivity index (χ0v) is 13.5. The fraction of sp³-hybridized carbons (Fsp3) is 0.421. The monoisotopic (exact) mass is 296 g/mol. The molecule has 22 heavy (non-hydrogen) atoms. The number of likely N-dealkylation sites (N-methyl/N-ethyl adjacent to an activating group) is 1. The molecule has 1 atom stereocenters. The standard InChI is InChI=1S/C19H24N2O/c1-21-12-6-8-16(14-21)18-10-5-9-17(20-18)13-15-7-3-4-11-19(15)22-2/h3-5,7,9-11,16H,6,8,12-14H2,1-2H3/t16-/m0/s1. The summed E-state index contributed by atoms with van der Waals surface area (Å²) in [5.74, 6) is 1.50. The van der Waals surface area contributed by atoms with E-state index in [2.05, 4.69) is 42.3 Å². The second kappa shape index (κ2) is 6.93. The van der Waals surface area contributed by atoms with E-state index in [0.29, 0.717) is 5.92 Å². The van der Waals surface area contributed by atoms with Gasteiger partial charge in [0, 0.05) is 35.8 Å². The molecule has 0 amide bonds. The molecule has 116 valence electrons. The highest BCUT2D eigenvalue weighted by Crippen LogP contribution is 2.26. The second-order valence-electron chi connectivity index (χ2n) is 6.14. The molecular formula is C19H24N2O. The Morgan fingerprint density at radius 3 is 2.86 bits per heavy atom. The van der Waals surface area contributed by atoms with Gasteiger partial charge < -0.3 is 9.64 Å². The van der Waals surface area contributed by atoms with Gasteiger partial charge in [0.2, 0.25) is 0 Å². The number of benzene rings is 1. The molecule has 0 aliphatic carbocycles. The Labute approximate surface area is 132 Å². The van der Waals surface area contributed by atoms with Crippen molar-refractivity contribution in [3.8, 4) is 5.75 Å². The van der Waals surface area contributed by atoms with Crippen molar-refractivity contribution in [2.24, 2.45) is 0 Å². The lowest BCUT2D eigenvalue weighted by atomic mass is 9.94. The van der Waals surface area contributed by atoms with Crippen LogP contribution in [0, 0.1) is 0 Å². The van der Waals surface area contributed by atoms with Crippen LogP contribution in [0.15, 0.2) is 42.5 Å². The summed E-state index contributed by atoms with van der Waals surface area (Å²) in [6, 6.07) is 14.6. The number of hydrogen-bond acceptors (Lipinski definition) is 3. The van der Waals surface area contributed by atoms with E-state index in [1.165, 1.54) is 30.6 Å². The van der Waals surface area contributed by atoms with Crippen LogP contribution in [0.2, 0.25) is 0 Å². The van der Waals surface area contributed by atoms with Gasteiger partial charge in [0.25, 0.3) is 0 Å². The fourth-order valence-corrected chi connectivity index (χ4v) is 3.28. The maximum absolute atomic E-state index is 5.44. The second-order valence-corrected chi connectivity index (χ2v) is 6.14. The van der Waals surface area contributed by atoms with Gasteiger partial charge in [-0.05, 0) is 44.6 Å². The van der Waals surface area contributed by atoms with Gasteiger partial charge in [-0.2, -0.15) is 0 Å².